The SMILES string of the molecule is CC(=O)C[C@@H]1CC=C[C@@H](C(C)(C)C)N1. The molecular weight excluding hydrogens is 174 g/mol. The molecule has 0 unspecified atom stereocenters. The normalized spacial score (nSPS) is 27.7. The first-order valence-corrected chi connectivity index (χ1v) is 5.32. The first-order chi connectivity index (χ1) is 6.39. The van der Waals surface area contributed by atoms with E-state index in [0.717, 1.165) is 6.42 Å². The molecule has 14 heavy (non-hydrogen) atoms. The number of Topliss-reactive ketones (excluding diaryl/α,β-unsaturated/α-hetero) is 1. The van der Waals surface area contributed by atoms with E-state index in [2.05, 4.69) is 38.2 Å². The topological polar surface area (TPSA) is 29.1 Å². The third kappa shape index (κ3) is 3.26. The van der Waals surface area contributed by atoms with E-state index in [0.29, 0.717) is 18.5 Å². The zero-order chi connectivity index (χ0) is 10.8. The van der Waals surface area contributed by atoms with Gasteiger partial charge in [-0.15, -0.1) is 0 Å². The van der Waals surface area contributed by atoms with Crippen molar-refractivity contribution in [1.29, 1.82) is 0 Å². The standard InChI is InChI=1S/C12H21NO/c1-9(14)8-10-6-5-7-11(13-10)12(2,3)4/h5,7,10-11,13H,6,8H2,1-4H3/t10-,11-/m0/s1. The van der Waals surface area contributed by atoms with Crippen molar-refractivity contribution in [2.75, 3.05) is 0 Å². The molecule has 1 N–H and O–H groups in total. The zero-order valence-electron chi connectivity index (χ0n) is 9.63. The maximum atomic E-state index is 11.0. The number of carbonyl (C=O) groups excluding carboxylic acids is 1. The highest BCUT2D eigenvalue weighted by Gasteiger charge is 2.27. The third-order valence-corrected chi connectivity index (χ3v) is 2.63. The lowest BCUT2D eigenvalue weighted by molar-refractivity contribution is -0.117. The van der Waals surface area contributed by atoms with Crippen molar-refractivity contribution in [3.8, 4) is 0 Å². The second-order valence-corrected chi connectivity index (χ2v) is 5.28. The van der Waals surface area contributed by atoms with E-state index in [4.69, 9.17) is 0 Å². The molecule has 1 aliphatic heterocycles. The molecule has 1 rings (SSSR count). The molecule has 0 saturated carbocycles. The fourth-order valence-corrected chi connectivity index (χ4v) is 1.78. The largest absolute Gasteiger partial charge is 0.307 e. The quantitative estimate of drug-likeness (QED) is 0.685. The Morgan fingerprint density at radius 3 is 2.64 bits per heavy atom. The van der Waals surface area contributed by atoms with Gasteiger partial charge in [-0.05, 0) is 18.8 Å². The Balaban J connectivity index is 2.56. The molecule has 0 aromatic carbocycles. The molecule has 0 aromatic heterocycles. The zero-order valence-corrected chi connectivity index (χ0v) is 9.63. The van der Waals surface area contributed by atoms with Gasteiger partial charge in [-0.3, -0.25) is 4.79 Å². The van der Waals surface area contributed by atoms with E-state index >= 15 is 0 Å². The Morgan fingerprint density at radius 2 is 2.14 bits per heavy atom. The van der Waals surface area contributed by atoms with Gasteiger partial charge in [-0.2, -0.15) is 0 Å². The van der Waals surface area contributed by atoms with Crippen molar-refractivity contribution < 1.29 is 4.79 Å². The Kier molecular flexibility index (Phi) is 3.48. The molecular formula is C12H21NO. The summed E-state index contributed by atoms with van der Waals surface area (Å²) in [6.45, 7) is 8.30. The van der Waals surface area contributed by atoms with Crippen LogP contribution in [0.2, 0.25) is 0 Å². The first kappa shape index (κ1) is 11.4. The van der Waals surface area contributed by atoms with Crippen molar-refractivity contribution in [2.45, 2.75) is 52.6 Å². The molecule has 0 aliphatic carbocycles. The summed E-state index contributed by atoms with van der Waals surface area (Å²) in [7, 11) is 0. The molecule has 0 radical (unpaired) electrons. The number of rotatable bonds is 2. The van der Waals surface area contributed by atoms with Crippen LogP contribution < -0.4 is 5.32 Å². The van der Waals surface area contributed by atoms with E-state index in [9.17, 15) is 4.79 Å². The van der Waals surface area contributed by atoms with Crippen LogP contribution in [-0.2, 0) is 4.79 Å². The van der Waals surface area contributed by atoms with E-state index in [1.165, 1.54) is 0 Å². The van der Waals surface area contributed by atoms with E-state index in [-0.39, 0.29) is 11.2 Å². The van der Waals surface area contributed by atoms with E-state index < -0.39 is 0 Å². The minimum atomic E-state index is 0.228. The molecule has 0 aromatic rings. The van der Waals surface area contributed by atoms with Crippen molar-refractivity contribution in [3.63, 3.8) is 0 Å². The number of hydrogen-bond donors (Lipinski definition) is 1. The molecule has 1 heterocycles. The van der Waals surface area contributed by atoms with Crippen LogP contribution in [0.25, 0.3) is 0 Å². The Hall–Kier alpha value is -0.630. The second-order valence-electron chi connectivity index (χ2n) is 5.28. The lowest BCUT2D eigenvalue weighted by Gasteiger charge is -2.35. The number of carbonyl (C=O) groups is 1. The van der Waals surface area contributed by atoms with Crippen LogP contribution in [0.1, 0.15) is 40.5 Å². The Morgan fingerprint density at radius 1 is 1.50 bits per heavy atom. The van der Waals surface area contributed by atoms with Crippen molar-refractivity contribution in [3.05, 3.63) is 12.2 Å². The minimum Gasteiger partial charge on any atom is -0.307 e. The molecule has 0 bridgehead atoms. The molecule has 0 fully saturated rings. The molecule has 80 valence electrons. The molecule has 2 atom stereocenters. The molecule has 1 aliphatic rings. The lowest BCUT2D eigenvalue weighted by Crippen LogP contribution is -2.47. The van der Waals surface area contributed by atoms with Crippen LogP contribution in [0, 0.1) is 5.41 Å². The minimum absolute atomic E-state index is 0.228. The summed E-state index contributed by atoms with van der Waals surface area (Å²) in [6.07, 6.45) is 6.04. The van der Waals surface area contributed by atoms with Crippen molar-refractivity contribution in [2.24, 2.45) is 5.41 Å². The lowest BCUT2D eigenvalue weighted by atomic mass is 9.83. The van der Waals surface area contributed by atoms with Crippen LogP contribution in [0.4, 0.5) is 0 Å². The van der Waals surface area contributed by atoms with Gasteiger partial charge in [0.15, 0.2) is 0 Å². The average molecular weight is 195 g/mol. The predicted molar refractivity (Wildman–Crippen MR) is 59.2 cm³/mol. The van der Waals surface area contributed by atoms with Gasteiger partial charge in [0.2, 0.25) is 0 Å². The smallest absolute Gasteiger partial charge is 0.131 e. The van der Waals surface area contributed by atoms with Gasteiger partial charge >= 0.3 is 0 Å². The van der Waals surface area contributed by atoms with Gasteiger partial charge in [0.1, 0.15) is 5.78 Å². The monoisotopic (exact) mass is 195 g/mol. The summed E-state index contributed by atoms with van der Waals surface area (Å²) in [6, 6.07) is 0.724. The summed E-state index contributed by atoms with van der Waals surface area (Å²) < 4.78 is 0. The van der Waals surface area contributed by atoms with E-state index in [1.807, 2.05) is 0 Å². The summed E-state index contributed by atoms with van der Waals surface area (Å²) in [5, 5.41) is 3.52. The van der Waals surface area contributed by atoms with Gasteiger partial charge in [-0.25, -0.2) is 0 Å². The van der Waals surface area contributed by atoms with E-state index in [1.54, 1.807) is 6.92 Å². The van der Waals surface area contributed by atoms with Gasteiger partial charge in [0.25, 0.3) is 0 Å². The Bertz CT molecular complexity index is 237. The van der Waals surface area contributed by atoms with Gasteiger partial charge < -0.3 is 5.32 Å². The van der Waals surface area contributed by atoms with Crippen LogP contribution in [0.15, 0.2) is 12.2 Å². The van der Waals surface area contributed by atoms with Gasteiger partial charge in [0, 0.05) is 18.5 Å². The number of nitrogens with one attached hydrogen (secondary N) is 1. The maximum absolute atomic E-state index is 11.0. The van der Waals surface area contributed by atoms with Crippen LogP contribution in [0.5, 0.6) is 0 Å². The highest BCUT2D eigenvalue weighted by Crippen LogP contribution is 2.24. The number of hydrogen-bond acceptors (Lipinski definition) is 2. The van der Waals surface area contributed by atoms with Crippen molar-refractivity contribution in [1.82, 2.24) is 5.32 Å². The Labute approximate surface area is 86.8 Å². The molecule has 2 heteroatoms. The van der Waals surface area contributed by atoms with Crippen LogP contribution in [-0.4, -0.2) is 17.9 Å². The summed E-state index contributed by atoms with van der Waals surface area (Å²) >= 11 is 0. The highest BCUT2D eigenvalue weighted by atomic mass is 16.1. The molecule has 0 amide bonds. The highest BCUT2D eigenvalue weighted by molar-refractivity contribution is 5.76. The number of ketones is 1. The fourth-order valence-electron chi connectivity index (χ4n) is 1.78. The summed E-state index contributed by atoms with van der Waals surface area (Å²) in [5.41, 5.74) is 0.228. The third-order valence-electron chi connectivity index (χ3n) is 2.63. The maximum Gasteiger partial charge on any atom is 0.131 e. The first-order valence-electron chi connectivity index (χ1n) is 5.32. The molecule has 0 saturated heterocycles. The van der Waals surface area contributed by atoms with Crippen LogP contribution in [0.3, 0.4) is 0 Å². The van der Waals surface area contributed by atoms with Gasteiger partial charge in [-0.1, -0.05) is 32.9 Å². The second kappa shape index (κ2) is 4.26. The average Bonchev–Trinajstić information content (AvgIpc) is 2.01. The molecule has 0 spiro atoms. The summed E-state index contributed by atoms with van der Waals surface area (Å²) in [5.74, 6) is 0.269. The molecule has 2 nitrogen and oxygen atoms in total. The van der Waals surface area contributed by atoms with Crippen molar-refractivity contribution >= 4 is 5.78 Å². The predicted octanol–water partition coefficient (Wildman–Crippen LogP) is 2.30. The summed E-state index contributed by atoms with van der Waals surface area (Å²) in [4.78, 5) is 11.0. The fraction of sp³-hybridized carbons (Fsp3) is 0.750. The van der Waals surface area contributed by atoms with Gasteiger partial charge in [0.05, 0.1) is 0 Å². The van der Waals surface area contributed by atoms with Crippen LogP contribution >= 0.6 is 0 Å².